The van der Waals surface area contributed by atoms with Crippen molar-refractivity contribution in [3.05, 3.63) is 29.2 Å². The number of hydrogen-bond donors (Lipinski definition) is 1. The number of nitriles is 1. The molecule has 1 aliphatic heterocycles. The van der Waals surface area contributed by atoms with Gasteiger partial charge in [0.25, 0.3) is 0 Å². The highest BCUT2D eigenvalue weighted by molar-refractivity contribution is 7.99. The van der Waals surface area contributed by atoms with Crippen LogP contribution in [0.2, 0.25) is 0 Å². The van der Waals surface area contributed by atoms with Gasteiger partial charge in [-0.1, -0.05) is 11.8 Å². The largest absolute Gasteiger partial charge is 0.376 e. The van der Waals surface area contributed by atoms with Gasteiger partial charge in [-0.05, 0) is 44.1 Å². The number of nitrogens with one attached hydrogen (secondary N) is 1. The van der Waals surface area contributed by atoms with Gasteiger partial charge in [0, 0.05) is 31.7 Å². The number of ether oxygens (including phenoxy) is 1. The van der Waals surface area contributed by atoms with Crippen molar-refractivity contribution in [2.75, 3.05) is 17.7 Å². The van der Waals surface area contributed by atoms with Crippen molar-refractivity contribution in [1.29, 1.82) is 5.26 Å². The molecule has 148 valence electrons. The number of thioether (sulfide) groups is 1. The quantitative estimate of drug-likeness (QED) is 0.755. The molecule has 2 aromatic rings. The van der Waals surface area contributed by atoms with E-state index in [1.807, 2.05) is 17.8 Å². The van der Waals surface area contributed by atoms with E-state index >= 15 is 0 Å². The van der Waals surface area contributed by atoms with Crippen LogP contribution in [0.4, 0.5) is 5.82 Å². The molecular formula is C20H25N5O2S. The number of aryl methyl sites for hydroxylation is 1. The minimum Gasteiger partial charge on any atom is -0.376 e. The van der Waals surface area contributed by atoms with Crippen LogP contribution in [0.15, 0.2) is 17.6 Å². The van der Waals surface area contributed by atoms with E-state index in [1.54, 1.807) is 6.20 Å². The maximum atomic E-state index is 12.7. The Bertz CT molecular complexity index is 905. The molecule has 3 heterocycles. The maximum Gasteiger partial charge on any atom is 0.235 e. The van der Waals surface area contributed by atoms with Crippen molar-refractivity contribution >= 4 is 23.5 Å². The van der Waals surface area contributed by atoms with Crippen LogP contribution in [0.5, 0.6) is 0 Å². The Balaban J connectivity index is 1.57. The normalized spacial score (nSPS) is 18.6. The molecule has 7 nitrogen and oxygen atoms in total. The van der Waals surface area contributed by atoms with Crippen molar-refractivity contribution in [2.24, 2.45) is 7.05 Å². The number of hydrogen-bond acceptors (Lipinski definition) is 5. The third-order valence-electron chi connectivity index (χ3n) is 5.46. The molecule has 2 aliphatic rings. The van der Waals surface area contributed by atoms with Crippen molar-refractivity contribution in [2.45, 2.75) is 56.3 Å². The third kappa shape index (κ3) is 3.82. The molecule has 1 amide bonds. The minimum atomic E-state index is -0.118. The molecule has 0 spiro atoms. The molecule has 1 unspecified atom stereocenters. The van der Waals surface area contributed by atoms with Gasteiger partial charge in [0.1, 0.15) is 11.9 Å². The molecule has 1 fully saturated rings. The van der Waals surface area contributed by atoms with Crippen molar-refractivity contribution in [1.82, 2.24) is 14.1 Å². The maximum absolute atomic E-state index is 12.7. The highest BCUT2D eigenvalue weighted by atomic mass is 32.2. The van der Waals surface area contributed by atoms with Crippen LogP contribution in [0.25, 0.3) is 0 Å². The van der Waals surface area contributed by atoms with Crippen LogP contribution in [0.1, 0.15) is 42.5 Å². The molecule has 1 atom stereocenters. The van der Waals surface area contributed by atoms with Gasteiger partial charge in [0.05, 0.1) is 24.0 Å². The first kappa shape index (κ1) is 19.1. The van der Waals surface area contributed by atoms with Gasteiger partial charge in [0.15, 0.2) is 5.16 Å². The minimum absolute atomic E-state index is 0.118. The van der Waals surface area contributed by atoms with E-state index in [-0.39, 0.29) is 17.8 Å². The van der Waals surface area contributed by atoms with Crippen LogP contribution in [-0.4, -0.2) is 38.5 Å². The Morgan fingerprint density at radius 2 is 2.29 bits per heavy atom. The lowest BCUT2D eigenvalue weighted by Crippen LogP contribution is -2.23. The van der Waals surface area contributed by atoms with Gasteiger partial charge < -0.3 is 19.2 Å². The summed E-state index contributed by atoms with van der Waals surface area (Å²) in [7, 11) is 1.90. The molecule has 0 saturated carbocycles. The molecule has 1 N–H and O–H groups in total. The first-order valence-corrected chi connectivity index (χ1v) is 10.8. The molecule has 1 saturated heterocycles. The monoisotopic (exact) mass is 399 g/mol. The van der Waals surface area contributed by atoms with Gasteiger partial charge in [-0.25, -0.2) is 4.98 Å². The zero-order valence-electron chi connectivity index (χ0n) is 16.1. The number of nitrogens with zero attached hydrogens (tertiary/aromatic N) is 4. The van der Waals surface area contributed by atoms with Gasteiger partial charge in [-0.2, -0.15) is 5.26 Å². The SMILES string of the molecule is Cn1ccnc1SCC(=O)Nc1c(C#N)c2c(n1CC1CCCO1)CCCC2. The van der Waals surface area contributed by atoms with Gasteiger partial charge in [-0.3, -0.25) is 4.79 Å². The van der Waals surface area contributed by atoms with Crippen molar-refractivity contribution in [3.8, 4) is 6.07 Å². The zero-order chi connectivity index (χ0) is 19.5. The molecule has 2 aromatic heterocycles. The molecular weight excluding hydrogens is 374 g/mol. The predicted molar refractivity (Wildman–Crippen MR) is 107 cm³/mol. The standard InChI is InChI=1S/C20H25N5O2S/c1-24-9-8-22-20(24)28-13-18(26)23-19-16(11-21)15-6-2-3-7-17(15)25(19)12-14-5-4-10-27-14/h8-9,14H,2-7,10,12-13H2,1H3,(H,23,26). The summed E-state index contributed by atoms with van der Waals surface area (Å²) in [6.07, 6.45) is 9.89. The topological polar surface area (TPSA) is 84.9 Å². The van der Waals surface area contributed by atoms with E-state index in [0.717, 1.165) is 55.9 Å². The average Bonchev–Trinajstić information content (AvgIpc) is 3.42. The van der Waals surface area contributed by atoms with Crippen LogP contribution in [0, 0.1) is 11.3 Å². The van der Waals surface area contributed by atoms with E-state index in [9.17, 15) is 10.1 Å². The highest BCUT2D eigenvalue weighted by Crippen LogP contribution is 2.34. The summed E-state index contributed by atoms with van der Waals surface area (Å²) in [5, 5.41) is 13.6. The zero-order valence-corrected chi connectivity index (χ0v) is 16.9. The smallest absolute Gasteiger partial charge is 0.235 e. The molecule has 8 heteroatoms. The van der Waals surface area contributed by atoms with Gasteiger partial charge in [0.2, 0.25) is 5.91 Å². The summed E-state index contributed by atoms with van der Waals surface area (Å²) in [5.74, 6) is 0.786. The van der Waals surface area contributed by atoms with Crippen molar-refractivity contribution < 1.29 is 9.53 Å². The fourth-order valence-corrected chi connectivity index (χ4v) is 4.83. The molecule has 0 aromatic carbocycles. The van der Waals surface area contributed by atoms with Crippen LogP contribution >= 0.6 is 11.8 Å². The second-order valence-corrected chi connectivity index (χ2v) is 8.31. The molecule has 4 rings (SSSR count). The Labute approximate surface area is 169 Å². The Morgan fingerprint density at radius 3 is 3.00 bits per heavy atom. The summed E-state index contributed by atoms with van der Waals surface area (Å²) < 4.78 is 9.86. The number of fused-ring (bicyclic) bond motifs is 1. The molecule has 1 aliphatic carbocycles. The Kier molecular flexibility index (Phi) is 5.74. The number of imidazole rings is 1. The number of aromatic nitrogens is 3. The molecule has 28 heavy (non-hydrogen) atoms. The first-order valence-electron chi connectivity index (χ1n) is 9.83. The number of carbonyl (C=O) groups excluding carboxylic acids is 1. The van der Waals surface area contributed by atoms with E-state index in [2.05, 4.69) is 20.9 Å². The number of carbonyl (C=O) groups is 1. The highest BCUT2D eigenvalue weighted by Gasteiger charge is 2.28. The fraction of sp³-hybridized carbons (Fsp3) is 0.550. The summed E-state index contributed by atoms with van der Waals surface area (Å²) >= 11 is 1.39. The van der Waals surface area contributed by atoms with Gasteiger partial charge >= 0.3 is 0 Å². The van der Waals surface area contributed by atoms with Gasteiger partial charge in [-0.15, -0.1) is 0 Å². The van der Waals surface area contributed by atoms with Crippen LogP contribution in [-0.2, 0) is 36.0 Å². The summed E-state index contributed by atoms with van der Waals surface area (Å²) in [4.78, 5) is 16.9. The van der Waals surface area contributed by atoms with Crippen LogP contribution in [0.3, 0.4) is 0 Å². The second-order valence-electron chi connectivity index (χ2n) is 7.37. The third-order valence-corrected chi connectivity index (χ3v) is 6.52. The molecule has 0 bridgehead atoms. The Morgan fingerprint density at radius 1 is 1.43 bits per heavy atom. The summed E-state index contributed by atoms with van der Waals surface area (Å²) in [5.41, 5.74) is 2.94. The summed E-state index contributed by atoms with van der Waals surface area (Å²) in [6.45, 7) is 1.49. The molecule has 0 radical (unpaired) electrons. The summed E-state index contributed by atoms with van der Waals surface area (Å²) in [6, 6.07) is 2.35. The number of amides is 1. The second kappa shape index (κ2) is 8.41. The van der Waals surface area contributed by atoms with E-state index in [0.29, 0.717) is 17.9 Å². The number of rotatable bonds is 6. The lowest BCUT2D eigenvalue weighted by atomic mass is 9.95. The first-order chi connectivity index (χ1) is 13.7. The van der Waals surface area contributed by atoms with E-state index < -0.39 is 0 Å². The Hall–Kier alpha value is -2.24. The lowest BCUT2D eigenvalue weighted by molar-refractivity contribution is -0.113. The van der Waals surface area contributed by atoms with E-state index in [1.165, 1.54) is 17.5 Å². The van der Waals surface area contributed by atoms with Crippen molar-refractivity contribution in [3.63, 3.8) is 0 Å². The van der Waals surface area contributed by atoms with Crippen LogP contribution < -0.4 is 5.32 Å². The predicted octanol–water partition coefficient (Wildman–Crippen LogP) is 2.88. The van der Waals surface area contributed by atoms with E-state index in [4.69, 9.17) is 4.74 Å². The average molecular weight is 400 g/mol. The number of anilines is 1. The lowest BCUT2D eigenvalue weighted by Gasteiger charge is -2.19. The fourth-order valence-electron chi connectivity index (χ4n) is 4.10.